The van der Waals surface area contributed by atoms with Gasteiger partial charge in [0.05, 0.1) is 6.10 Å². The van der Waals surface area contributed by atoms with Gasteiger partial charge in [-0.25, -0.2) is 23.2 Å². The Hall–Kier alpha value is -2.68. The minimum absolute atomic E-state index is 0.137. The van der Waals surface area contributed by atoms with E-state index in [2.05, 4.69) is 9.97 Å². The number of amides is 2. The van der Waals surface area contributed by atoms with Crippen LogP contribution < -0.4 is 4.90 Å². The van der Waals surface area contributed by atoms with Crippen molar-refractivity contribution in [1.82, 2.24) is 19.8 Å². The van der Waals surface area contributed by atoms with Gasteiger partial charge in [0.25, 0.3) is 0 Å². The number of nitrogens with zero attached hydrogens (tertiary/aromatic N) is 5. The topological polar surface area (TPSA) is 122 Å². The Morgan fingerprint density at radius 3 is 2.08 bits per heavy atom. The number of hydrogen-bond donors (Lipinski definition) is 0. The van der Waals surface area contributed by atoms with Gasteiger partial charge in [-0.15, -0.1) is 0 Å². The molecule has 2 amide bonds. The Morgan fingerprint density at radius 2 is 1.58 bits per heavy atom. The van der Waals surface area contributed by atoms with Gasteiger partial charge in [0.2, 0.25) is 20.9 Å². The molecule has 1 aromatic heterocycles. The zero-order chi connectivity index (χ0) is 27.1. The molecule has 0 saturated carbocycles. The molecule has 0 unspecified atom stereocenters. The first kappa shape index (κ1) is 27.9. The molecule has 0 bridgehead atoms. The Labute approximate surface area is 207 Å². The highest BCUT2D eigenvalue weighted by Gasteiger charge is 2.40. The molecule has 202 valence electrons. The molecule has 36 heavy (non-hydrogen) atoms. The fourth-order valence-corrected chi connectivity index (χ4v) is 4.21. The summed E-state index contributed by atoms with van der Waals surface area (Å²) in [6, 6.07) is 0. The molecule has 1 aromatic rings. The molecular weight excluding hydrogens is 507 g/mol. The highest BCUT2D eigenvalue weighted by molar-refractivity contribution is 7.90. The van der Waals surface area contributed by atoms with Crippen molar-refractivity contribution < 1.29 is 40.7 Å². The molecule has 2 fully saturated rings. The fraction of sp³-hybridized carbons (Fsp3) is 0.714. The molecule has 2 aliphatic rings. The smallest absolute Gasteiger partial charge is 0.433 e. The minimum atomic E-state index is -4.85. The quantitative estimate of drug-likeness (QED) is 0.514. The molecule has 0 N–H and O–H groups in total. The van der Waals surface area contributed by atoms with Crippen molar-refractivity contribution in [3.05, 3.63) is 11.3 Å². The molecular formula is C21H30F3N5O6S. The van der Waals surface area contributed by atoms with Crippen LogP contribution in [0.5, 0.6) is 0 Å². The monoisotopic (exact) mass is 537 g/mol. The Morgan fingerprint density at radius 1 is 1.03 bits per heavy atom. The average Bonchev–Trinajstić information content (AvgIpc) is 2.70. The predicted octanol–water partition coefficient (Wildman–Crippen LogP) is 1.49. The molecule has 11 nitrogen and oxygen atoms in total. The first-order valence-electron chi connectivity index (χ1n) is 11.2. The lowest BCUT2D eigenvalue weighted by molar-refractivity contribution is -0.142. The summed E-state index contributed by atoms with van der Waals surface area (Å²) in [5, 5.41) is -0.902. The van der Waals surface area contributed by atoms with Crippen LogP contribution in [-0.2, 0) is 30.3 Å². The van der Waals surface area contributed by atoms with E-state index in [1.807, 2.05) is 0 Å². The number of carbonyl (C=O) groups is 2. The van der Waals surface area contributed by atoms with E-state index in [1.165, 1.54) is 16.7 Å². The van der Waals surface area contributed by atoms with E-state index in [0.717, 1.165) is 6.26 Å². The third-order valence-electron chi connectivity index (χ3n) is 5.57. The normalized spacial score (nSPS) is 17.7. The molecule has 0 aliphatic carbocycles. The minimum Gasteiger partial charge on any atom is -0.444 e. The lowest BCUT2D eigenvalue weighted by atomic mass is 10.1. The summed E-state index contributed by atoms with van der Waals surface area (Å²) in [4.78, 5) is 36.3. The molecule has 3 rings (SSSR count). The number of anilines is 1. The van der Waals surface area contributed by atoms with Gasteiger partial charge in [-0.3, -0.25) is 4.79 Å². The number of halogens is 3. The van der Waals surface area contributed by atoms with E-state index in [9.17, 15) is 31.2 Å². The van der Waals surface area contributed by atoms with E-state index < -0.39 is 44.7 Å². The predicted molar refractivity (Wildman–Crippen MR) is 121 cm³/mol. The maximum atomic E-state index is 13.4. The number of rotatable bonds is 5. The van der Waals surface area contributed by atoms with Crippen molar-refractivity contribution in [3.63, 3.8) is 0 Å². The summed E-state index contributed by atoms with van der Waals surface area (Å²) >= 11 is 0. The highest BCUT2D eigenvalue weighted by Crippen LogP contribution is 2.35. The van der Waals surface area contributed by atoms with E-state index in [0.29, 0.717) is 26.2 Å². The third kappa shape index (κ3) is 6.75. The second-order valence-corrected chi connectivity index (χ2v) is 11.7. The van der Waals surface area contributed by atoms with Gasteiger partial charge < -0.3 is 24.2 Å². The largest absolute Gasteiger partial charge is 0.444 e. The van der Waals surface area contributed by atoms with Gasteiger partial charge in [-0.1, -0.05) is 0 Å². The van der Waals surface area contributed by atoms with E-state index in [1.54, 1.807) is 25.7 Å². The summed E-state index contributed by atoms with van der Waals surface area (Å²) in [6.45, 7) is 7.86. The van der Waals surface area contributed by atoms with Crippen molar-refractivity contribution in [2.45, 2.75) is 50.7 Å². The van der Waals surface area contributed by atoms with Crippen molar-refractivity contribution in [2.24, 2.45) is 0 Å². The number of ether oxygens (including phenoxy) is 2. The lowest BCUT2D eigenvalue weighted by Crippen LogP contribution is -2.55. The van der Waals surface area contributed by atoms with Gasteiger partial charge in [0, 0.05) is 51.1 Å². The van der Waals surface area contributed by atoms with Crippen molar-refractivity contribution in [2.75, 3.05) is 57.0 Å². The molecule has 15 heteroatoms. The summed E-state index contributed by atoms with van der Waals surface area (Å²) in [6.07, 6.45) is -4.99. The van der Waals surface area contributed by atoms with Crippen molar-refractivity contribution >= 4 is 27.7 Å². The summed E-state index contributed by atoms with van der Waals surface area (Å²) in [7, 11) is -4.07. The Balaban J connectivity index is 1.53. The first-order chi connectivity index (χ1) is 16.5. The van der Waals surface area contributed by atoms with Gasteiger partial charge in [-0.2, -0.15) is 13.2 Å². The standard InChI is InChI=1S/C21H30F3N5O6S/c1-13-16(21(22,23)24)25-18(36(5,32)33)26-17(13)29-10-14(11-29)34-12-15(30)27-6-8-28(9-7-27)19(31)35-20(2,3)4/h14H,6-12H2,1-5H3. The zero-order valence-corrected chi connectivity index (χ0v) is 21.6. The number of hydrogen-bond acceptors (Lipinski definition) is 9. The molecule has 3 heterocycles. The third-order valence-corrected chi connectivity index (χ3v) is 6.42. The Bertz CT molecular complexity index is 1110. The molecule has 0 aromatic carbocycles. The van der Waals surface area contributed by atoms with Gasteiger partial charge >= 0.3 is 12.3 Å². The number of aromatic nitrogens is 2. The second kappa shape index (κ2) is 10.00. The van der Waals surface area contributed by atoms with Crippen molar-refractivity contribution in [3.8, 4) is 0 Å². The fourth-order valence-electron chi connectivity index (χ4n) is 3.70. The summed E-state index contributed by atoms with van der Waals surface area (Å²) in [5.41, 5.74) is -2.20. The van der Waals surface area contributed by atoms with Crippen LogP contribution in [0.3, 0.4) is 0 Å². The molecule has 2 aliphatic heterocycles. The molecule has 2 saturated heterocycles. The SMILES string of the molecule is Cc1c(N2CC(OCC(=O)N3CCN(C(=O)OC(C)(C)C)CC3)C2)nc(S(C)(=O)=O)nc1C(F)(F)F. The first-order valence-corrected chi connectivity index (χ1v) is 13.1. The number of piperazine rings is 1. The average molecular weight is 538 g/mol. The molecule has 0 atom stereocenters. The maximum Gasteiger partial charge on any atom is 0.433 e. The van der Waals surface area contributed by atoms with Crippen LogP contribution in [0.25, 0.3) is 0 Å². The van der Waals surface area contributed by atoms with Crippen molar-refractivity contribution in [1.29, 1.82) is 0 Å². The van der Waals surface area contributed by atoms with Gasteiger partial charge in [0.15, 0.2) is 5.69 Å². The molecule has 0 spiro atoms. The van der Waals surface area contributed by atoms with E-state index in [-0.39, 0.29) is 37.0 Å². The zero-order valence-electron chi connectivity index (χ0n) is 20.8. The highest BCUT2D eigenvalue weighted by atomic mass is 32.2. The van der Waals surface area contributed by atoms with Crippen LogP contribution in [0.1, 0.15) is 32.0 Å². The Kier molecular flexibility index (Phi) is 7.75. The van der Waals surface area contributed by atoms with E-state index in [4.69, 9.17) is 9.47 Å². The number of alkyl halides is 3. The van der Waals surface area contributed by atoms with Crippen LogP contribution >= 0.6 is 0 Å². The summed E-state index contributed by atoms with van der Waals surface area (Å²) < 4.78 is 74.7. The van der Waals surface area contributed by atoms with Crippen LogP contribution in [0.4, 0.5) is 23.8 Å². The lowest BCUT2D eigenvalue weighted by Gasteiger charge is -2.41. The van der Waals surface area contributed by atoms with Crippen LogP contribution in [0.15, 0.2) is 5.16 Å². The van der Waals surface area contributed by atoms with Crippen LogP contribution in [0, 0.1) is 6.92 Å². The van der Waals surface area contributed by atoms with Gasteiger partial charge in [-0.05, 0) is 27.7 Å². The van der Waals surface area contributed by atoms with Crippen LogP contribution in [-0.4, -0.2) is 104 Å². The number of sulfone groups is 1. The van der Waals surface area contributed by atoms with Gasteiger partial charge in [0.1, 0.15) is 18.0 Å². The molecule has 0 radical (unpaired) electrons. The number of carbonyl (C=O) groups excluding carboxylic acids is 2. The van der Waals surface area contributed by atoms with Crippen LogP contribution in [0.2, 0.25) is 0 Å². The summed E-state index contributed by atoms with van der Waals surface area (Å²) in [5.74, 6) is -0.406. The second-order valence-electron chi connectivity index (χ2n) is 9.76. The maximum absolute atomic E-state index is 13.4. The van der Waals surface area contributed by atoms with E-state index >= 15 is 0 Å².